The third kappa shape index (κ3) is 7.49. The predicted molar refractivity (Wildman–Crippen MR) is 75.1 cm³/mol. The van der Waals surface area contributed by atoms with Gasteiger partial charge in [-0.1, -0.05) is 62.2 Å². The molecule has 0 atom stereocenters. The van der Waals surface area contributed by atoms with Crippen molar-refractivity contribution >= 4 is 18.5 Å². The van der Waals surface area contributed by atoms with E-state index in [1.807, 2.05) is 6.07 Å². The SMILES string of the molecule is CCCCCNC/C=C/c1ccccc1.Cl. The quantitative estimate of drug-likeness (QED) is 0.712. The van der Waals surface area contributed by atoms with Gasteiger partial charge in [-0.25, -0.2) is 0 Å². The lowest BCUT2D eigenvalue weighted by molar-refractivity contribution is 0.647. The van der Waals surface area contributed by atoms with Gasteiger partial charge in [-0.05, 0) is 18.5 Å². The maximum absolute atomic E-state index is 3.40. The fraction of sp³-hybridized carbons (Fsp3) is 0.429. The number of halogens is 1. The molecule has 1 aromatic carbocycles. The Hall–Kier alpha value is -0.790. The van der Waals surface area contributed by atoms with E-state index in [1.54, 1.807) is 0 Å². The van der Waals surface area contributed by atoms with Gasteiger partial charge >= 0.3 is 0 Å². The fourth-order valence-electron chi connectivity index (χ4n) is 1.44. The van der Waals surface area contributed by atoms with Crippen LogP contribution in [0.25, 0.3) is 6.08 Å². The highest BCUT2D eigenvalue weighted by Crippen LogP contribution is 1.99. The van der Waals surface area contributed by atoms with E-state index in [9.17, 15) is 0 Å². The molecule has 16 heavy (non-hydrogen) atoms. The molecule has 0 aliphatic heterocycles. The summed E-state index contributed by atoms with van der Waals surface area (Å²) in [5.74, 6) is 0. The van der Waals surface area contributed by atoms with E-state index in [1.165, 1.54) is 24.8 Å². The zero-order valence-electron chi connectivity index (χ0n) is 9.99. The van der Waals surface area contributed by atoms with Gasteiger partial charge in [-0.2, -0.15) is 0 Å². The van der Waals surface area contributed by atoms with Crippen LogP contribution in [0.2, 0.25) is 0 Å². The number of nitrogens with one attached hydrogen (secondary N) is 1. The minimum Gasteiger partial charge on any atom is -0.313 e. The first-order valence-corrected chi connectivity index (χ1v) is 5.86. The molecule has 0 spiro atoms. The average Bonchev–Trinajstić information content (AvgIpc) is 2.29. The second-order valence-electron chi connectivity index (χ2n) is 3.72. The standard InChI is InChI=1S/C14H21N.ClH/c1-2-3-7-12-15-13-8-11-14-9-5-4-6-10-14;/h4-6,8-11,15H,2-3,7,12-13H2,1H3;1H/b11-8+;. The summed E-state index contributed by atoms with van der Waals surface area (Å²) >= 11 is 0. The highest BCUT2D eigenvalue weighted by molar-refractivity contribution is 5.85. The van der Waals surface area contributed by atoms with Crippen molar-refractivity contribution in [2.24, 2.45) is 0 Å². The number of rotatable bonds is 7. The number of unbranched alkanes of at least 4 members (excludes halogenated alkanes) is 2. The Bertz CT molecular complexity index is 269. The molecule has 0 fully saturated rings. The molecule has 0 amide bonds. The van der Waals surface area contributed by atoms with Crippen molar-refractivity contribution in [2.45, 2.75) is 26.2 Å². The third-order valence-electron chi connectivity index (χ3n) is 2.33. The summed E-state index contributed by atoms with van der Waals surface area (Å²) in [5.41, 5.74) is 1.27. The molecule has 0 saturated carbocycles. The van der Waals surface area contributed by atoms with Crippen LogP contribution in [0.3, 0.4) is 0 Å². The molecule has 0 unspecified atom stereocenters. The summed E-state index contributed by atoms with van der Waals surface area (Å²) in [6, 6.07) is 10.4. The van der Waals surface area contributed by atoms with Crippen LogP contribution < -0.4 is 5.32 Å². The van der Waals surface area contributed by atoms with Crippen LogP contribution in [-0.4, -0.2) is 13.1 Å². The van der Waals surface area contributed by atoms with E-state index in [4.69, 9.17) is 0 Å². The highest BCUT2D eigenvalue weighted by atomic mass is 35.5. The molecular weight excluding hydrogens is 218 g/mol. The van der Waals surface area contributed by atoms with E-state index in [0.29, 0.717) is 0 Å². The summed E-state index contributed by atoms with van der Waals surface area (Å²) < 4.78 is 0. The molecule has 1 N–H and O–H groups in total. The first-order valence-electron chi connectivity index (χ1n) is 5.86. The van der Waals surface area contributed by atoms with E-state index < -0.39 is 0 Å². The summed E-state index contributed by atoms with van der Waals surface area (Å²) in [7, 11) is 0. The van der Waals surface area contributed by atoms with Crippen molar-refractivity contribution < 1.29 is 0 Å². The topological polar surface area (TPSA) is 12.0 Å². The van der Waals surface area contributed by atoms with Crippen LogP contribution in [0.1, 0.15) is 31.7 Å². The smallest absolute Gasteiger partial charge is 0.0138 e. The molecule has 0 saturated heterocycles. The normalized spacial score (nSPS) is 10.3. The lowest BCUT2D eigenvalue weighted by Gasteiger charge is -1.99. The Morgan fingerprint density at radius 2 is 1.88 bits per heavy atom. The van der Waals surface area contributed by atoms with Gasteiger partial charge in [0.1, 0.15) is 0 Å². The van der Waals surface area contributed by atoms with E-state index in [2.05, 4.69) is 48.7 Å². The fourth-order valence-corrected chi connectivity index (χ4v) is 1.44. The minimum atomic E-state index is 0. The molecule has 90 valence electrons. The van der Waals surface area contributed by atoms with Crippen molar-refractivity contribution in [3.8, 4) is 0 Å². The molecule has 0 aliphatic rings. The van der Waals surface area contributed by atoms with Crippen molar-refractivity contribution in [3.63, 3.8) is 0 Å². The van der Waals surface area contributed by atoms with Crippen LogP contribution in [0.5, 0.6) is 0 Å². The van der Waals surface area contributed by atoms with Gasteiger partial charge < -0.3 is 5.32 Å². The first-order chi connectivity index (χ1) is 7.43. The minimum absolute atomic E-state index is 0. The second-order valence-corrected chi connectivity index (χ2v) is 3.72. The van der Waals surface area contributed by atoms with Gasteiger partial charge in [-0.3, -0.25) is 0 Å². The van der Waals surface area contributed by atoms with Crippen LogP contribution in [0.15, 0.2) is 36.4 Å². The van der Waals surface area contributed by atoms with Gasteiger partial charge in [-0.15, -0.1) is 12.4 Å². The number of hydrogen-bond acceptors (Lipinski definition) is 1. The van der Waals surface area contributed by atoms with Gasteiger partial charge in [0.15, 0.2) is 0 Å². The van der Waals surface area contributed by atoms with Crippen LogP contribution >= 0.6 is 12.4 Å². The Morgan fingerprint density at radius 3 is 2.56 bits per heavy atom. The van der Waals surface area contributed by atoms with Crippen molar-refractivity contribution in [3.05, 3.63) is 42.0 Å². The molecule has 1 nitrogen and oxygen atoms in total. The molecule has 1 aromatic rings. The van der Waals surface area contributed by atoms with Crippen molar-refractivity contribution in [1.29, 1.82) is 0 Å². The van der Waals surface area contributed by atoms with Gasteiger partial charge in [0.2, 0.25) is 0 Å². The molecule has 0 aliphatic carbocycles. The second kappa shape index (κ2) is 10.7. The van der Waals surface area contributed by atoms with Gasteiger partial charge in [0, 0.05) is 6.54 Å². The molecule has 0 radical (unpaired) electrons. The molecule has 0 heterocycles. The molecule has 2 heteroatoms. The lowest BCUT2D eigenvalue weighted by Crippen LogP contribution is -2.14. The Labute approximate surface area is 105 Å². The zero-order valence-corrected chi connectivity index (χ0v) is 10.8. The zero-order chi connectivity index (χ0) is 10.8. The lowest BCUT2D eigenvalue weighted by atomic mass is 10.2. The Kier molecular flexibility index (Phi) is 10.2. The van der Waals surface area contributed by atoms with E-state index in [-0.39, 0.29) is 12.4 Å². The monoisotopic (exact) mass is 239 g/mol. The van der Waals surface area contributed by atoms with E-state index >= 15 is 0 Å². The van der Waals surface area contributed by atoms with Crippen LogP contribution in [0, 0.1) is 0 Å². The number of hydrogen-bond donors (Lipinski definition) is 1. The predicted octanol–water partition coefficient (Wildman–Crippen LogP) is 3.90. The summed E-state index contributed by atoms with van der Waals surface area (Å²) in [6.45, 7) is 4.33. The number of benzene rings is 1. The van der Waals surface area contributed by atoms with Crippen LogP contribution in [0.4, 0.5) is 0 Å². The largest absolute Gasteiger partial charge is 0.313 e. The average molecular weight is 240 g/mol. The molecular formula is C14H22ClN. The maximum Gasteiger partial charge on any atom is 0.0138 e. The maximum atomic E-state index is 3.40. The van der Waals surface area contributed by atoms with E-state index in [0.717, 1.165) is 13.1 Å². The van der Waals surface area contributed by atoms with Crippen molar-refractivity contribution in [2.75, 3.05) is 13.1 Å². The van der Waals surface area contributed by atoms with Gasteiger partial charge in [0.25, 0.3) is 0 Å². The highest BCUT2D eigenvalue weighted by Gasteiger charge is 1.85. The van der Waals surface area contributed by atoms with Gasteiger partial charge in [0.05, 0.1) is 0 Å². The Morgan fingerprint density at radius 1 is 1.12 bits per heavy atom. The summed E-state index contributed by atoms with van der Waals surface area (Å²) in [6.07, 6.45) is 8.25. The Balaban J connectivity index is 0.00000225. The molecule has 1 rings (SSSR count). The summed E-state index contributed by atoms with van der Waals surface area (Å²) in [5, 5.41) is 3.40. The molecule has 0 bridgehead atoms. The third-order valence-corrected chi connectivity index (χ3v) is 2.33. The van der Waals surface area contributed by atoms with Crippen LogP contribution in [-0.2, 0) is 0 Å². The first kappa shape index (κ1) is 15.2. The molecule has 0 aromatic heterocycles. The van der Waals surface area contributed by atoms with Crippen molar-refractivity contribution in [1.82, 2.24) is 5.32 Å². The summed E-state index contributed by atoms with van der Waals surface area (Å²) in [4.78, 5) is 0.